The maximum atomic E-state index is 3.76. The van der Waals surface area contributed by atoms with E-state index in [0.29, 0.717) is 15.0 Å². The van der Waals surface area contributed by atoms with E-state index in [1.807, 2.05) is 6.08 Å². The first-order chi connectivity index (χ1) is 7.88. The van der Waals surface area contributed by atoms with Crippen LogP contribution in [0.4, 0.5) is 0 Å². The molecule has 0 spiro atoms. The van der Waals surface area contributed by atoms with Gasteiger partial charge in [0.25, 0.3) is 0 Å². The van der Waals surface area contributed by atoms with Crippen LogP contribution in [0.3, 0.4) is 0 Å². The van der Waals surface area contributed by atoms with Gasteiger partial charge in [-0.05, 0) is 0 Å². The second kappa shape index (κ2) is 5.69. The predicted octanol–water partition coefficient (Wildman–Crippen LogP) is 2.86. The Kier molecular flexibility index (Phi) is 3.98. The normalized spacial score (nSPS) is 10.0. The van der Waals surface area contributed by atoms with Crippen LogP contribution in [0.25, 0.3) is 6.08 Å². The zero-order valence-electron chi connectivity index (χ0n) is 9.10. The monoisotopic (exact) mass is 274 g/mol. The molecule has 1 heteroatoms. The SMILES string of the molecule is C=Cc1ccc(C[Se]c2ccccc2)cc1. The minimum atomic E-state index is 0.539. The molecule has 0 aliphatic rings. The van der Waals surface area contributed by atoms with Crippen LogP contribution in [0.5, 0.6) is 0 Å². The molecule has 0 aromatic heterocycles. The molecular weight excluding hydrogens is 259 g/mol. The molecule has 0 fully saturated rings. The third kappa shape index (κ3) is 3.09. The first-order valence-corrected chi connectivity index (χ1v) is 7.34. The van der Waals surface area contributed by atoms with E-state index in [-0.39, 0.29) is 0 Å². The Morgan fingerprint density at radius 3 is 2.25 bits per heavy atom. The second-order valence-corrected chi connectivity index (χ2v) is 5.75. The number of benzene rings is 2. The molecule has 0 saturated heterocycles. The van der Waals surface area contributed by atoms with E-state index in [0.717, 1.165) is 5.32 Å². The van der Waals surface area contributed by atoms with Gasteiger partial charge in [0.2, 0.25) is 0 Å². The van der Waals surface area contributed by atoms with E-state index in [1.165, 1.54) is 15.6 Å². The molecule has 80 valence electrons. The van der Waals surface area contributed by atoms with Crippen molar-refractivity contribution in [2.75, 3.05) is 0 Å². The standard InChI is InChI=1S/C15H14Se/c1-2-13-8-10-14(11-9-13)12-16-15-6-4-3-5-7-15/h2-11H,1,12H2. The summed E-state index contributed by atoms with van der Waals surface area (Å²) < 4.78 is 1.46. The first-order valence-electron chi connectivity index (χ1n) is 5.28. The summed E-state index contributed by atoms with van der Waals surface area (Å²) in [5.74, 6) is 0. The summed E-state index contributed by atoms with van der Waals surface area (Å²) >= 11 is 0.539. The van der Waals surface area contributed by atoms with Crippen molar-refractivity contribution < 1.29 is 0 Å². The number of hydrogen-bond acceptors (Lipinski definition) is 0. The molecule has 2 aromatic rings. The molecule has 0 aliphatic carbocycles. The van der Waals surface area contributed by atoms with Crippen molar-refractivity contribution in [3.05, 3.63) is 72.3 Å². The molecule has 0 amide bonds. The van der Waals surface area contributed by atoms with Gasteiger partial charge in [0.1, 0.15) is 0 Å². The fraction of sp³-hybridized carbons (Fsp3) is 0.0667. The fourth-order valence-corrected chi connectivity index (χ4v) is 3.27. The van der Waals surface area contributed by atoms with Crippen molar-refractivity contribution in [1.29, 1.82) is 0 Å². The molecule has 0 atom stereocenters. The van der Waals surface area contributed by atoms with Gasteiger partial charge < -0.3 is 0 Å². The average Bonchev–Trinajstić information content (AvgIpc) is 2.38. The number of hydrogen-bond donors (Lipinski definition) is 0. The topological polar surface area (TPSA) is 0 Å². The van der Waals surface area contributed by atoms with Gasteiger partial charge in [-0.15, -0.1) is 0 Å². The van der Waals surface area contributed by atoms with Crippen molar-refractivity contribution in [3.8, 4) is 0 Å². The van der Waals surface area contributed by atoms with E-state index >= 15 is 0 Å². The first kappa shape index (κ1) is 11.2. The minimum absolute atomic E-state index is 0.539. The van der Waals surface area contributed by atoms with E-state index in [4.69, 9.17) is 0 Å². The van der Waals surface area contributed by atoms with Crippen LogP contribution in [-0.4, -0.2) is 15.0 Å². The fourth-order valence-electron chi connectivity index (χ4n) is 1.43. The van der Waals surface area contributed by atoms with E-state index in [2.05, 4.69) is 61.2 Å². The third-order valence-electron chi connectivity index (χ3n) is 2.36. The molecule has 0 heterocycles. The molecule has 0 nitrogen and oxygen atoms in total. The molecule has 0 saturated carbocycles. The Labute approximate surface area is 103 Å². The zero-order valence-corrected chi connectivity index (χ0v) is 10.8. The summed E-state index contributed by atoms with van der Waals surface area (Å²) in [7, 11) is 0. The average molecular weight is 273 g/mol. The van der Waals surface area contributed by atoms with Gasteiger partial charge in [0.15, 0.2) is 0 Å². The van der Waals surface area contributed by atoms with Crippen molar-refractivity contribution >= 4 is 25.5 Å². The van der Waals surface area contributed by atoms with Crippen molar-refractivity contribution in [1.82, 2.24) is 0 Å². The van der Waals surface area contributed by atoms with Gasteiger partial charge in [0, 0.05) is 0 Å². The molecule has 2 rings (SSSR count). The summed E-state index contributed by atoms with van der Waals surface area (Å²) in [6.07, 6.45) is 1.88. The predicted molar refractivity (Wildman–Crippen MR) is 72.1 cm³/mol. The molecule has 0 aliphatic heterocycles. The van der Waals surface area contributed by atoms with Crippen LogP contribution in [0.1, 0.15) is 11.1 Å². The molecule has 0 bridgehead atoms. The Bertz CT molecular complexity index is 443. The van der Waals surface area contributed by atoms with Gasteiger partial charge in [-0.25, -0.2) is 0 Å². The van der Waals surface area contributed by atoms with E-state index in [9.17, 15) is 0 Å². The summed E-state index contributed by atoms with van der Waals surface area (Å²) in [6, 6.07) is 19.3. The van der Waals surface area contributed by atoms with Crippen LogP contribution in [0.15, 0.2) is 61.2 Å². The van der Waals surface area contributed by atoms with Crippen LogP contribution in [0.2, 0.25) is 0 Å². The van der Waals surface area contributed by atoms with Gasteiger partial charge in [0.05, 0.1) is 0 Å². The van der Waals surface area contributed by atoms with E-state index in [1.54, 1.807) is 0 Å². The van der Waals surface area contributed by atoms with E-state index < -0.39 is 0 Å². The van der Waals surface area contributed by atoms with Crippen molar-refractivity contribution in [3.63, 3.8) is 0 Å². The third-order valence-corrected chi connectivity index (χ3v) is 4.64. The molecule has 0 unspecified atom stereocenters. The Morgan fingerprint density at radius 2 is 1.62 bits per heavy atom. The summed E-state index contributed by atoms with van der Waals surface area (Å²) in [5.41, 5.74) is 2.60. The van der Waals surface area contributed by atoms with Crippen LogP contribution in [-0.2, 0) is 5.32 Å². The van der Waals surface area contributed by atoms with Crippen LogP contribution in [0, 0.1) is 0 Å². The van der Waals surface area contributed by atoms with Crippen molar-refractivity contribution in [2.45, 2.75) is 5.32 Å². The Morgan fingerprint density at radius 1 is 0.938 bits per heavy atom. The Balaban J connectivity index is 1.97. The molecular formula is C15H14Se. The van der Waals surface area contributed by atoms with Gasteiger partial charge in [-0.1, -0.05) is 0 Å². The quantitative estimate of drug-likeness (QED) is 0.751. The summed E-state index contributed by atoms with van der Waals surface area (Å²) in [4.78, 5) is 0. The van der Waals surface area contributed by atoms with Crippen molar-refractivity contribution in [2.24, 2.45) is 0 Å². The molecule has 0 radical (unpaired) electrons. The molecule has 16 heavy (non-hydrogen) atoms. The molecule has 0 N–H and O–H groups in total. The zero-order chi connectivity index (χ0) is 11.2. The number of rotatable bonds is 4. The van der Waals surface area contributed by atoms with Crippen LogP contribution >= 0.6 is 0 Å². The summed E-state index contributed by atoms with van der Waals surface area (Å²) in [5, 5.41) is 1.16. The molecule has 2 aromatic carbocycles. The van der Waals surface area contributed by atoms with Gasteiger partial charge >= 0.3 is 103 Å². The second-order valence-electron chi connectivity index (χ2n) is 3.55. The Hall–Kier alpha value is -1.30. The van der Waals surface area contributed by atoms with Crippen LogP contribution < -0.4 is 4.46 Å². The van der Waals surface area contributed by atoms with Gasteiger partial charge in [-0.2, -0.15) is 0 Å². The summed E-state index contributed by atoms with van der Waals surface area (Å²) in [6.45, 7) is 3.76. The maximum absolute atomic E-state index is 3.76. The van der Waals surface area contributed by atoms with Gasteiger partial charge in [-0.3, -0.25) is 0 Å².